The van der Waals surface area contributed by atoms with Crippen LogP contribution in [-0.4, -0.2) is 57.3 Å². The van der Waals surface area contributed by atoms with Crippen LogP contribution in [0.4, 0.5) is 29.1 Å². The molecule has 214 valence electrons. The molecule has 40 heavy (non-hydrogen) atoms. The number of pyridine rings is 1. The Hall–Kier alpha value is -3.57. The maximum Gasteiger partial charge on any atom is 0.387 e. The fourth-order valence-electron chi connectivity index (χ4n) is 4.59. The van der Waals surface area contributed by atoms with E-state index in [1.54, 1.807) is 39.2 Å². The second kappa shape index (κ2) is 12.3. The molecule has 2 heterocycles. The van der Waals surface area contributed by atoms with Crippen LogP contribution < -0.4 is 24.6 Å². The van der Waals surface area contributed by atoms with E-state index < -0.39 is 36.0 Å². The molecule has 4 rings (SSSR count). The number of likely N-dealkylation sites (N-methyl/N-ethyl adjacent to an activating group) is 1. The van der Waals surface area contributed by atoms with Crippen molar-refractivity contribution >= 4 is 29.0 Å². The summed E-state index contributed by atoms with van der Waals surface area (Å²) >= 11 is 6.56. The van der Waals surface area contributed by atoms with E-state index in [4.69, 9.17) is 11.6 Å². The van der Waals surface area contributed by atoms with Crippen molar-refractivity contribution in [2.75, 3.05) is 43.0 Å². The Morgan fingerprint density at radius 2 is 1.60 bits per heavy atom. The van der Waals surface area contributed by atoms with Gasteiger partial charge in [0.05, 0.1) is 17.3 Å². The molecular formula is C28H29ClF4N4O3. The average Bonchev–Trinajstić information content (AvgIpc) is 2.92. The Morgan fingerprint density at radius 3 is 2.17 bits per heavy atom. The van der Waals surface area contributed by atoms with Gasteiger partial charge < -0.3 is 24.6 Å². The molecule has 1 aliphatic rings. The highest BCUT2D eigenvalue weighted by molar-refractivity contribution is 6.33. The number of hydrogen-bond donors (Lipinski definition) is 1. The van der Waals surface area contributed by atoms with Crippen molar-refractivity contribution in [2.45, 2.75) is 32.5 Å². The largest absolute Gasteiger partial charge is 0.435 e. The Bertz CT molecular complexity index is 1320. The topological polar surface area (TPSA) is 66.9 Å². The van der Waals surface area contributed by atoms with Crippen LogP contribution in [0.3, 0.4) is 0 Å². The summed E-state index contributed by atoms with van der Waals surface area (Å²) < 4.78 is 60.7. The highest BCUT2D eigenvalue weighted by Crippen LogP contribution is 2.39. The molecule has 0 saturated carbocycles. The standard InChI is InChI=1S/C28H29ClF4N4O3/c1-28(2,17-12-18(39-26(30)31)14-19(13-17)40-27(32)33)25(38)36(3)23-16-35-24(37-10-8-34-9-11-37)15-21(23)20-6-4-5-7-22(20)29/h4-7,12-16,26-27,34H,8-11H2,1-3H3. The normalized spacial score (nSPS) is 14.0. The molecule has 1 amide bonds. The van der Waals surface area contributed by atoms with Crippen LogP contribution >= 0.6 is 11.6 Å². The van der Waals surface area contributed by atoms with Gasteiger partial charge in [-0.05, 0) is 43.7 Å². The SMILES string of the molecule is CN(C(=O)C(C)(C)c1cc(OC(F)F)cc(OC(F)F)c1)c1cnc(N2CCNCC2)cc1-c1ccccc1Cl. The smallest absolute Gasteiger partial charge is 0.387 e. The van der Waals surface area contributed by atoms with E-state index in [9.17, 15) is 22.4 Å². The minimum atomic E-state index is -3.20. The molecule has 12 heteroatoms. The quantitative estimate of drug-likeness (QED) is 0.315. The number of nitrogens with one attached hydrogen (secondary N) is 1. The Labute approximate surface area is 234 Å². The van der Waals surface area contributed by atoms with Gasteiger partial charge in [-0.25, -0.2) is 4.98 Å². The number of amides is 1. The molecule has 0 spiro atoms. The van der Waals surface area contributed by atoms with E-state index in [1.165, 1.54) is 17.0 Å². The summed E-state index contributed by atoms with van der Waals surface area (Å²) in [6.45, 7) is -0.156. The first-order valence-electron chi connectivity index (χ1n) is 12.5. The van der Waals surface area contributed by atoms with Crippen molar-refractivity contribution in [3.05, 3.63) is 65.3 Å². The first-order chi connectivity index (χ1) is 19.0. The molecule has 0 bridgehead atoms. The Balaban J connectivity index is 1.75. The monoisotopic (exact) mass is 580 g/mol. The Kier molecular flexibility index (Phi) is 9.05. The zero-order valence-corrected chi connectivity index (χ0v) is 22.9. The minimum Gasteiger partial charge on any atom is -0.435 e. The highest BCUT2D eigenvalue weighted by Gasteiger charge is 2.35. The number of rotatable bonds is 9. The molecule has 3 aromatic rings. The number of carbonyl (C=O) groups excluding carboxylic acids is 1. The zero-order chi connectivity index (χ0) is 29.0. The van der Waals surface area contributed by atoms with Crippen LogP contribution in [-0.2, 0) is 10.2 Å². The minimum absolute atomic E-state index is 0.142. The molecular weight excluding hydrogens is 552 g/mol. The molecule has 1 aromatic heterocycles. The lowest BCUT2D eigenvalue weighted by Crippen LogP contribution is -2.44. The van der Waals surface area contributed by atoms with Crippen molar-refractivity contribution in [1.29, 1.82) is 0 Å². The van der Waals surface area contributed by atoms with Gasteiger partial charge in [0.25, 0.3) is 0 Å². The summed E-state index contributed by atoms with van der Waals surface area (Å²) in [6.07, 6.45) is 1.59. The number of aromatic nitrogens is 1. The van der Waals surface area contributed by atoms with Crippen molar-refractivity contribution in [1.82, 2.24) is 10.3 Å². The van der Waals surface area contributed by atoms with Gasteiger partial charge >= 0.3 is 13.2 Å². The van der Waals surface area contributed by atoms with Gasteiger partial charge in [-0.3, -0.25) is 4.79 Å². The van der Waals surface area contributed by atoms with Crippen LogP contribution in [0.2, 0.25) is 5.02 Å². The summed E-state index contributed by atoms with van der Waals surface area (Å²) in [5.41, 5.74) is 0.565. The van der Waals surface area contributed by atoms with Crippen LogP contribution in [0.15, 0.2) is 54.7 Å². The third kappa shape index (κ3) is 6.59. The van der Waals surface area contributed by atoms with Gasteiger partial charge in [0.2, 0.25) is 5.91 Å². The molecule has 0 radical (unpaired) electrons. The fourth-order valence-corrected chi connectivity index (χ4v) is 4.83. The number of hydrogen-bond acceptors (Lipinski definition) is 6. The van der Waals surface area contributed by atoms with Crippen molar-refractivity contribution in [3.63, 3.8) is 0 Å². The fraction of sp³-hybridized carbons (Fsp3) is 0.357. The number of carbonyl (C=O) groups is 1. The van der Waals surface area contributed by atoms with Crippen LogP contribution in [0, 0.1) is 0 Å². The van der Waals surface area contributed by atoms with E-state index in [2.05, 4.69) is 24.7 Å². The number of alkyl halides is 4. The maximum atomic E-state index is 14.0. The molecule has 7 nitrogen and oxygen atoms in total. The predicted octanol–water partition coefficient (Wildman–Crippen LogP) is 5.96. The predicted molar refractivity (Wildman–Crippen MR) is 146 cm³/mol. The summed E-state index contributed by atoms with van der Waals surface area (Å²) in [5.74, 6) is -0.559. The van der Waals surface area contributed by atoms with Gasteiger partial charge in [-0.1, -0.05) is 29.8 Å². The van der Waals surface area contributed by atoms with Gasteiger partial charge in [-0.2, -0.15) is 17.6 Å². The molecule has 1 saturated heterocycles. The third-order valence-electron chi connectivity index (χ3n) is 6.73. The van der Waals surface area contributed by atoms with E-state index in [0.717, 1.165) is 38.1 Å². The first kappa shape index (κ1) is 29.4. The highest BCUT2D eigenvalue weighted by atomic mass is 35.5. The van der Waals surface area contributed by atoms with Gasteiger partial charge in [0, 0.05) is 55.4 Å². The third-order valence-corrected chi connectivity index (χ3v) is 7.06. The number of piperazine rings is 1. The van der Waals surface area contributed by atoms with E-state index in [1.807, 2.05) is 18.2 Å². The molecule has 1 N–H and O–H groups in total. The van der Waals surface area contributed by atoms with Crippen molar-refractivity contribution < 1.29 is 31.8 Å². The van der Waals surface area contributed by atoms with Gasteiger partial charge in [0.15, 0.2) is 0 Å². The van der Waals surface area contributed by atoms with E-state index in [-0.39, 0.29) is 5.56 Å². The average molecular weight is 581 g/mol. The van der Waals surface area contributed by atoms with Crippen LogP contribution in [0.1, 0.15) is 19.4 Å². The lowest BCUT2D eigenvalue weighted by Gasteiger charge is -2.33. The van der Waals surface area contributed by atoms with Crippen molar-refractivity contribution in [3.8, 4) is 22.6 Å². The van der Waals surface area contributed by atoms with Gasteiger partial charge in [0.1, 0.15) is 17.3 Å². The lowest BCUT2D eigenvalue weighted by molar-refractivity contribution is -0.122. The number of nitrogens with zero attached hydrogens (tertiary/aromatic N) is 3. The summed E-state index contributed by atoms with van der Waals surface area (Å²) in [6, 6.07) is 12.4. The number of ether oxygens (including phenoxy) is 2. The maximum absolute atomic E-state index is 14.0. The Morgan fingerprint density at radius 1 is 1.00 bits per heavy atom. The van der Waals surface area contributed by atoms with Crippen LogP contribution in [0.25, 0.3) is 11.1 Å². The van der Waals surface area contributed by atoms with Crippen molar-refractivity contribution in [2.24, 2.45) is 0 Å². The summed E-state index contributed by atoms with van der Waals surface area (Å²) in [5, 5.41) is 3.78. The first-order valence-corrected chi connectivity index (χ1v) is 12.9. The molecule has 0 aliphatic carbocycles. The van der Waals surface area contributed by atoms with Gasteiger partial charge in [-0.15, -0.1) is 0 Å². The molecule has 1 fully saturated rings. The number of benzene rings is 2. The molecule has 1 aliphatic heterocycles. The van der Waals surface area contributed by atoms with E-state index in [0.29, 0.717) is 21.8 Å². The zero-order valence-electron chi connectivity index (χ0n) is 22.1. The van der Waals surface area contributed by atoms with Crippen LogP contribution in [0.5, 0.6) is 11.5 Å². The molecule has 2 aromatic carbocycles. The molecule has 0 unspecified atom stereocenters. The second-order valence-corrected chi connectivity index (χ2v) is 10.1. The lowest BCUT2D eigenvalue weighted by atomic mass is 9.82. The number of halogens is 5. The second-order valence-electron chi connectivity index (χ2n) is 9.72. The molecule has 0 atom stereocenters. The van der Waals surface area contributed by atoms with E-state index >= 15 is 0 Å². The summed E-state index contributed by atoms with van der Waals surface area (Å²) in [4.78, 5) is 22.1. The number of anilines is 2. The summed E-state index contributed by atoms with van der Waals surface area (Å²) in [7, 11) is 1.56.